The average Bonchev–Trinajstić information content (AvgIpc) is 3.15. The molecule has 12 heteroatoms. The number of Topliss-reactive ketones (excluding diaryl/α,β-unsaturated/α-hetero) is 1. The number of rotatable bonds is 4. The van der Waals surface area contributed by atoms with Crippen LogP contribution in [-0.2, 0) is 19.1 Å². The molecule has 3 saturated carbocycles. The third-order valence-electron chi connectivity index (χ3n) is 10.7. The van der Waals surface area contributed by atoms with E-state index in [4.69, 9.17) is 4.74 Å². The molecule has 5 aliphatic rings. The summed E-state index contributed by atoms with van der Waals surface area (Å²) in [5, 5.41) is 84.4. The van der Waals surface area contributed by atoms with E-state index in [0.29, 0.717) is 24.8 Å². The molecule has 4 aliphatic carbocycles. The first-order valence-electron chi connectivity index (χ1n) is 13.3. The summed E-state index contributed by atoms with van der Waals surface area (Å²) in [4.78, 5) is 37.5. The minimum Gasteiger partial charge on any atom is -0.479 e. The molecule has 0 aromatic rings. The summed E-state index contributed by atoms with van der Waals surface area (Å²) in [6, 6.07) is 0. The Morgan fingerprint density at radius 1 is 1.08 bits per heavy atom. The van der Waals surface area contributed by atoms with Crippen LogP contribution in [0.15, 0.2) is 23.3 Å². The van der Waals surface area contributed by atoms with Crippen LogP contribution >= 0.6 is 0 Å². The molecule has 0 aromatic carbocycles. The lowest BCUT2D eigenvalue weighted by atomic mass is 9.46. The van der Waals surface area contributed by atoms with Crippen LogP contribution in [0.25, 0.3) is 0 Å². The lowest BCUT2D eigenvalue weighted by Gasteiger charge is -2.60. The molecule has 0 radical (unpaired) electrons. The van der Waals surface area contributed by atoms with E-state index < -0.39 is 88.4 Å². The van der Waals surface area contributed by atoms with E-state index in [1.54, 1.807) is 13.8 Å². The van der Waals surface area contributed by atoms with Gasteiger partial charge in [0, 0.05) is 16.7 Å². The maximum absolute atomic E-state index is 13.2. The molecule has 12 nitrogen and oxygen atoms in total. The molecule has 0 amide bonds. The van der Waals surface area contributed by atoms with Crippen molar-refractivity contribution in [2.75, 3.05) is 6.61 Å². The van der Waals surface area contributed by atoms with Crippen LogP contribution in [0.5, 0.6) is 0 Å². The minimum atomic E-state index is -2.97. The zero-order valence-electron chi connectivity index (χ0n) is 21.7. The second-order valence-electron chi connectivity index (χ2n) is 12.4. The molecular weight excluding hydrogens is 516 g/mol. The maximum atomic E-state index is 13.2. The Hall–Kier alpha value is -2.03. The van der Waals surface area contributed by atoms with Crippen molar-refractivity contribution in [3.05, 3.63) is 23.3 Å². The first-order chi connectivity index (χ1) is 18.1. The number of ether oxygens (including phenoxy) is 1. The Bertz CT molecular complexity index is 1160. The highest BCUT2D eigenvalue weighted by atomic mass is 16.7. The molecular formula is C27H36O12. The van der Waals surface area contributed by atoms with E-state index in [0.717, 1.165) is 0 Å². The number of aliphatic hydroxyl groups is 7. The molecule has 4 fully saturated rings. The summed E-state index contributed by atoms with van der Waals surface area (Å²) in [5.74, 6) is -7.11. The summed E-state index contributed by atoms with van der Waals surface area (Å²) in [5.41, 5.74) is -3.73. The number of aliphatic hydroxyl groups excluding tert-OH is 5. The minimum absolute atomic E-state index is 0.0381. The van der Waals surface area contributed by atoms with Crippen molar-refractivity contribution >= 4 is 17.5 Å². The van der Waals surface area contributed by atoms with Crippen molar-refractivity contribution in [1.82, 2.24) is 0 Å². The molecule has 0 spiro atoms. The van der Waals surface area contributed by atoms with Gasteiger partial charge in [0.25, 0.3) is 0 Å². The predicted molar refractivity (Wildman–Crippen MR) is 129 cm³/mol. The van der Waals surface area contributed by atoms with E-state index in [1.165, 1.54) is 12.2 Å². The molecule has 216 valence electrons. The summed E-state index contributed by atoms with van der Waals surface area (Å²) in [6.45, 7) is 2.69. The Morgan fingerprint density at radius 3 is 2.36 bits per heavy atom. The number of fused-ring (bicyclic) bond motifs is 5. The van der Waals surface area contributed by atoms with E-state index >= 15 is 0 Å². The van der Waals surface area contributed by atoms with Gasteiger partial charge in [-0.25, -0.2) is 4.79 Å². The van der Waals surface area contributed by atoms with E-state index in [1.807, 2.05) is 0 Å². The Morgan fingerprint density at radius 2 is 1.74 bits per heavy atom. The van der Waals surface area contributed by atoms with Gasteiger partial charge in [0.2, 0.25) is 5.79 Å². The van der Waals surface area contributed by atoms with Crippen LogP contribution in [0, 0.1) is 28.6 Å². The lowest BCUT2D eigenvalue weighted by molar-refractivity contribution is -0.323. The van der Waals surface area contributed by atoms with Gasteiger partial charge in [-0.05, 0) is 50.0 Å². The van der Waals surface area contributed by atoms with Gasteiger partial charge < -0.3 is 45.6 Å². The number of carbonyl (C=O) groups is 3. The third kappa shape index (κ3) is 3.63. The van der Waals surface area contributed by atoms with Gasteiger partial charge >= 0.3 is 5.97 Å². The van der Waals surface area contributed by atoms with Crippen molar-refractivity contribution < 1.29 is 60.0 Å². The van der Waals surface area contributed by atoms with Crippen molar-refractivity contribution in [2.24, 2.45) is 28.6 Å². The molecule has 1 aliphatic heterocycles. The van der Waals surface area contributed by atoms with Crippen LogP contribution in [-0.4, -0.2) is 107 Å². The molecule has 5 rings (SSSR count). The van der Waals surface area contributed by atoms with Crippen molar-refractivity contribution in [3.63, 3.8) is 0 Å². The number of hydrogen-bond acceptors (Lipinski definition) is 11. The second-order valence-corrected chi connectivity index (χ2v) is 12.4. The van der Waals surface area contributed by atoms with E-state index in [-0.39, 0.29) is 24.7 Å². The van der Waals surface area contributed by atoms with Crippen LogP contribution in [0.2, 0.25) is 0 Å². The number of ketones is 2. The fourth-order valence-corrected chi connectivity index (χ4v) is 8.65. The summed E-state index contributed by atoms with van der Waals surface area (Å²) in [7, 11) is 0. The van der Waals surface area contributed by atoms with Crippen molar-refractivity contribution in [2.45, 2.75) is 87.9 Å². The maximum Gasteiger partial charge on any atom is 0.335 e. The largest absolute Gasteiger partial charge is 0.479 e. The molecule has 0 aromatic heterocycles. The fraction of sp³-hybridized carbons (Fsp3) is 0.741. The number of aliphatic carboxylic acids is 1. The highest BCUT2D eigenvalue weighted by Crippen LogP contribution is 2.67. The second kappa shape index (κ2) is 8.98. The standard InChI is InChI=1S/C27H36O12/c1-24-8-14(27(38)22(34)20(33)19(32)21(39-27)23(35)36)15(29)7-11(24)3-4-12-13-5-6-26(37,17(31)10-28)25(13,2)9-16(30)18(12)24/h7-8,12-13,16,18-22,28,30,32-34,37-38H,3-6,9-10H2,1-2H3,(H,35,36)/t12-,13-,16?,18+,19+,20+,21+,22-,24+,25+,26+,27+/m1/s1. The molecule has 1 heterocycles. The Labute approximate surface area is 224 Å². The molecule has 8 N–H and O–H groups in total. The summed E-state index contributed by atoms with van der Waals surface area (Å²) in [6.07, 6.45) is -5.41. The zero-order chi connectivity index (χ0) is 28.9. The zero-order valence-corrected chi connectivity index (χ0v) is 21.7. The number of allylic oxidation sites excluding steroid dienone is 3. The van der Waals surface area contributed by atoms with Crippen LogP contribution in [0.4, 0.5) is 0 Å². The highest BCUT2D eigenvalue weighted by molar-refractivity contribution is 6.07. The number of carboxylic acids is 1. The smallest absolute Gasteiger partial charge is 0.335 e. The topological polar surface area (TPSA) is 222 Å². The number of carboxylic acid groups (broad SMARTS) is 1. The monoisotopic (exact) mass is 552 g/mol. The highest BCUT2D eigenvalue weighted by Gasteiger charge is 2.68. The summed E-state index contributed by atoms with van der Waals surface area (Å²) >= 11 is 0. The van der Waals surface area contributed by atoms with Crippen LogP contribution < -0.4 is 0 Å². The molecule has 1 saturated heterocycles. The van der Waals surface area contributed by atoms with E-state index in [9.17, 15) is 55.2 Å². The van der Waals surface area contributed by atoms with Crippen LogP contribution in [0.1, 0.15) is 46.0 Å². The van der Waals surface area contributed by atoms with Gasteiger partial charge in [-0.3, -0.25) is 9.59 Å². The normalized spacial score (nSPS) is 51.3. The first-order valence-corrected chi connectivity index (χ1v) is 13.3. The van der Waals surface area contributed by atoms with Gasteiger partial charge in [-0.15, -0.1) is 0 Å². The van der Waals surface area contributed by atoms with Crippen molar-refractivity contribution in [1.29, 1.82) is 0 Å². The lowest BCUT2D eigenvalue weighted by Crippen LogP contribution is -2.67. The SMILES string of the molecule is C[C@]12C=C([C@]3(O)O[C@H](C(=O)O)[C@@H](O)[C@H](O)[C@H]3O)C(=O)C=C1CC[C@H]1[C@H]2C(O)C[C@@]2(C)[C@@H]1CC[C@]2(O)C(=O)CO. The van der Waals surface area contributed by atoms with Gasteiger partial charge in [0.05, 0.1) is 11.7 Å². The number of hydrogen-bond donors (Lipinski definition) is 8. The van der Waals surface area contributed by atoms with E-state index in [2.05, 4.69) is 0 Å². The summed E-state index contributed by atoms with van der Waals surface area (Å²) < 4.78 is 5.20. The molecule has 0 bridgehead atoms. The Kier molecular flexibility index (Phi) is 6.57. The Balaban J connectivity index is 1.57. The van der Waals surface area contributed by atoms with Gasteiger partial charge in [0.15, 0.2) is 17.7 Å². The average molecular weight is 553 g/mol. The first kappa shape index (κ1) is 28.5. The van der Waals surface area contributed by atoms with Crippen molar-refractivity contribution in [3.8, 4) is 0 Å². The van der Waals surface area contributed by atoms with Gasteiger partial charge in [-0.2, -0.15) is 0 Å². The predicted octanol–water partition coefficient (Wildman–Crippen LogP) is -1.82. The third-order valence-corrected chi connectivity index (χ3v) is 10.7. The van der Waals surface area contributed by atoms with Crippen LogP contribution in [0.3, 0.4) is 0 Å². The number of carbonyl (C=O) groups excluding carboxylic acids is 2. The van der Waals surface area contributed by atoms with Gasteiger partial charge in [0.1, 0.15) is 30.5 Å². The molecule has 39 heavy (non-hydrogen) atoms. The quantitative estimate of drug-likeness (QED) is 0.193. The molecule has 12 atom stereocenters. The molecule has 1 unspecified atom stereocenters. The fourth-order valence-electron chi connectivity index (χ4n) is 8.65. The van der Waals surface area contributed by atoms with Gasteiger partial charge in [-0.1, -0.05) is 25.5 Å².